The van der Waals surface area contributed by atoms with Crippen LogP contribution >= 0.6 is 12.2 Å². The van der Waals surface area contributed by atoms with E-state index in [1.54, 1.807) is 0 Å². The first-order valence-corrected chi connectivity index (χ1v) is 7.17. The minimum atomic E-state index is 0.462. The van der Waals surface area contributed by atoms with Crippen LogP contribution in [0.25, 0.3) is 0 Å². The van der Waals surface area contributed by atoms with Crippen LogP contribution in [0.1, 0.15) is 44.6 Å². The van der Waals surface area contributed by atoms with Gasteiger partial charge in [-0.1, -0.05) is 44.8 Å². The summed E-state index contributed by atoms with van der Waals surface area (Å²) < 4.78 is 0. The van der Waals surface area contributed by atoms with Gasteiger partial charge in [0.05, 0.1) is 0 Å². The average molecular weight is 264 g/mol. The van der Waals surface area contributed by atoms with Gasteiger partial charge in [-0.15, -0.1) is 0 Å². The summed E-state index contributed by atoms with van der Waals surface area (Å²) in [6.07, 6.45) is 6.59. The molecule has 2 nitrogen and oxygen atoms in total. The summed E-state index contributed by atoms with van der Waals surface area (Å²) in [5.74, 6) is 0. The zero-order valence-electron chi connectivity index (χ0n) is 11.5. The molecule has 3 heteroatoms. The van der Waals surface area contributed by atoms with E-state index in [1.807, 2.05) is 12.1 Å². The number of benzene rings is 1. The second kappa shape index (κ2) is 8.09. The van der Waals surface area contributed by atoms with Gasteiger partial charge >= 0.3 is 0 Å². The number of nitrogens with zero attached hydrogens (tertiary/aromatic N) is 1. The Balaban J connectivity index is 2.37. The molecule has 0 fully saturated rings. The van der Waals surface area contributed by atoms with Crippen LogP contribution in [-0.4, -0.2) is 18.6 Å². The number of hydrogen-bond acceptors (Lipinski definition) is 2. The van der Waals surface area contributed by atoms with Crippen LogP contribution in [0.2, 0.25) is 0 Å². The van der Waals surface area contributed by atoms with Gasteiger partial charge in [-0.25, -0.2) is 0 Å². The van der Waals surface area contributed by atoms with Crippen molar-refractivity contribution in [3.63, 3.8) is 0 Å². The van der Waals surface area contributed by atoms with Crippen molar-refractivity contribution in [3.8, 4) is 0 Å². The maximum atomic E-state index is 5.58. The normalized spacial score (nSPS) is 10.3. The molecule has 0 aromatic heterocycles. The monoisotopic (exact) mass is 264 g/mol. The second-order valence-corrected chi connectivity index (χ2v) is 5.19. The van der Waals surface area contributed by atoms with Crippen LogP contribution < -0.4 is 10.6 Å². The molecule has 1 aromatic carbocycles. The van der Waals surface area contributed by atoms with Crippen molar-refractivity contribution in [3.05, 3.63) is 29.8 Å². The lowest BCUT2D eigenvalue weighted by Crippen LogP contribution is -2.18. The number of rotatable bonds is 8. The van der Waals surface area contributed by atoms with Gasteiger partial charge in [0.15, 0.2) is 0 Å². The van der Waals surface area contributed by atoms with Crippen molar-refractivity contribution in [2.45, 2.75) is 39.0 Å². The van der Waals surface area contributed by atoms with Gasteiger partial charge in [-0.05, 0) is 30.7 Å². The molecule has 0 saturated heterocycles. The minimum absolute atomic E-state index is 0.462. The summed E-state index contributed by atoms with van der Waals surface area (Å²) in [6, 6.07) is 8.15. The summed E-state index contributed by atoms with van der Waals surface area (Å²) in [4.78, 5) is 2.75. The Hall–Kier alpha value is -1.09. The van der Waals surface area contributed by atoms with E-state index in [2.05, 4.69) is 31.0 Å². The Morgan fingerprint density at radius 2 is 1.72 bits per heavy atom. The number of unbranched alkanes of at least 4 members (excludes halogenated alkanes) is 4. The molecular formula is C15H24N2S. The lowest BCUT2D eigenvalue weighted by atomic mass is 10.1. The highest BCUT2D eigenvalue weighted by Crippen LogP contribution is 2.15. The van der Waals surface area contributed by atoms with Gasteiger partial charge in [0.1, 0.15) is 4.99 Å². The molecule has 0 radical (unpaired) electrons. The summed E-state index contributed by atoms with van der Waals surface area (Å²) in [5, 5.41) is 0. The number of nitrogens with two attached hydrogens (primary N) is 1. The fourth-order valence-corrected chi connectivity index (χ4v) is 2.10. The predicted octanol–water partition coefficient (Wildman–Crippen LogP) is 3.73. The topological polar surface area (TPSA) is 29.3 Å². The summed E-state index contributed by atoms with van der Waals surface area (Å²) in [6.45, 7) is 3.35. The molecule has 100 valence electrons. The van der Waals surface area contributed by atoms with E-state index in [0.717, 1.165) is 12.1 Å². The van der Waals surface area contributed by atoms with Gasteiger partial charge in [0, 0.05) is 24.8 Å². The third-order valence-electron chi connectivity index (χ3n) is 3.19. The molecule has 0 spiro atoms. The van der Waals surface area contributed by atoms with Gasteiger partial charge in [-0.3, -0.25) is 0 Å². The fourth-order valence-electron chi connectivity index (χ4n) is 1.96. The van der Waals surface area contributed by atoms with E-state index in [1.165, 1.54) is 37.8 Å². The fraction of sp³-hybridized carbons (Fsp3) is 0.533. The maximum Gasteiger partial charge on any atom is 0.103 e. The third kappa shape index (κ3) is 5.05. The van der Waals surface area contributed by atoms with E-state index < -0.39 is 0 Å². The van der Waals surface area contributed by atoms with Crippen molar-refractivity contribution in [2.24, 2.45) is 5.73 Å². The molecule has 1 aromatic rings. The molecule has 0 heterocycles. The van der Waals surface area contributed by atoms with Crippen LogP contribution in [0.4, 0.5) is 5.69 Å². The first-order chi connectivity index (χ1) is 8.65. The summed E-state index contributed by atoms with van der Waals surface area (Å²) in [5.41, 5.74) is 7.75. The van der Waals surface area contributed by atoms with Crippen molar-refractivity contribution in [2.75, 3.05) is 18.5 Å². The van der Waals surface area contributed by atoms with Gasteiger partial charge in [0.25, 0.3) is 0 Å². The highest BCUT2D eigenvalue weighted by molar-refractivity contribution is 7.80. The molecule has 18 heavy (non-hydrogen) atoms. The molecule has 0 aliphatic heterocycles. The standard InChI is InChI=1S/C15H24N2S/c1-3-4-5-6-7-12-17(2)14-10-8-13(9-11-14)15(16)18/h8-11H,3-7,12H2,1-2H3,(H2,16,18). The molecule has 0 atom stereocenters. The van der Waals surface area contributed by atoms with Crippen LogP contribution in [0.5, 0.6) is 0 Å². The van der Waals surface area contributed by atoms with Crippen molar-refractivity contribution < 1.29 is 0 Å². The van der Waals surface area contributed by atoms with E-state index in [9.17, 15) is 0 Å². The zero-order valence-corrected chi connectivity index (χ0v) is 12.3. The number of hydrogen-bond donors (Lipinski definition) is 1. The molecule has 0 bridgehead atoms. The maximum absolute atomic E-state index is 5.58. The van der Waals surface area contributed by atoms with Gasteiger partial charge < -0.3 is 10.6 Å². The predicted molar refractivity (Wildman–Crippen MR) is 84.4 cm³/mol. The molecular weight excluding hydrogens is 240 g/mol. The highest BCUT2D eigenvalue weighted by atomic mass is 32.1. The van der Waals surface area contributed by atoms with Crippen molar-refractivity contribution >= 4 is 22.9 Å². The molecule has 0 amide bonds. The molecule has 0 aliphatic carbocycles. The van der Waals surface area contributed by atoms with Crippen LogP contribution in [0.3, 0.4) is 0 Å². The SMILES string of the molecule is CCCCCCCN(C)c1ccc(C(N)=S)cc1. The Morgan fingerprint density at radius 1 is 1.11 bits per heavy atom. The van der Waals surface area contributed by atoms with E-state index in [4.69, 9.17) is 18.0 Å². The van der Waals surface area contributed by atoms with E-state index in [-0.39, 0.29) is 0 Å². The lowest BCUT2D eigenvalue weighted by molar-refractivity contribution is 0.629. The van der Waals surface area contributed by atoms with Gasteiger partial charge in [-0.2, -0.15) is 0 Å². The third-order valence-corrected chi connectivity index (χ3v) is 3.43. The first-order valence-electron chi connectivity index (χ1n) is 6.76. The lowest BCUT2D eigenvalue weighted by Gasteiger charge is -2.19. The van der Waals surface area contributed by atoms with Crippen molar-refractivity contribution in [1.82, 2.24) is 0 Å². The van der Waals surface area contributed by atoms with Crippen LogP contribution in [-0.2, 0) is 0 Å². The summed E-state index contributed by atoms with van der Waals surface area (Å²) >= 11 is 4.95. The molecule has 0 saturated carbocycles. The second-order valence-electron chi connectivity index (χ2n) is 4.75. The van der Waals surface area contributed by atoms with Crippen LogP contribution in [0.15, 0.2) is 24.3 Å². The molecule has 0 unspecified atom stereocenters. The van der Waals surface area contributed by atoms with Crippen LogP contribution in [0, 0.1) is 0 Å². The molecule has 2 N–H and O–H groups in total. The Bertz CT molecular complexity index is 359. The van der Waals surface area contributed by atoms with Crippen molar-refractivity contribution in [1.29, 1.82) is 0 Å². The Morgan fingerprint density at radius 3 is 2.28 bits per heavy atom. The van der Waals surface area contributed by atoms with E-state index in [0.29, 0.717) is 4.99 Å². The quantitative estimate of drug-likeness (QED) is 0.573. The molecule has 1 rings (SSSR count). The zero-order chi connectivity index (χ0) is 13.4. The summed E-state index contributed by atoms with van der Waals surface area (Å²) in [7, 11) is 2.13. The van der Waals surface area contributed by atoms with Gasteiger partial charge in [0.2, 0.25) is 0 Å². The Labute approximate surface area is 116 Å². The first kappa shape index (κ1) is 15.0. The largest absolute Gasteiger partial charge is 0.389 e. The molecule has 0 aliphatic rings. The Kier molecular flexibility index (Phi) is 6.73. The smallest absolute Gasteiger partial charge is 0.103 e. The highest BCUT2D eigenvalue weighted by Gasteiger charge is 2.01. The number of anilines is 1. The van der Waals surface area contributed by atoms with E-state index >= 15 is 0 Å². The minimum Gasteiger partial charge on any atom is -0.389 e. The number of thiocarbonyl (C=S) groups is 1. The average Bonchev–Trinajstić information content (AvgIpc) is 2.38.